The maximum Gasteiger partial charge on any atom is 0.410 e. The van der Waals surface area contributed by atoms with E-state index in [9.17, 15) is 4.79 Å². The fourth-order valence-corrected chi connectivity index (χ4v) is 3.55. The molecule has 1 fully saturated rings. The average molecular weight is 378 g/mol. The Morgan fingerprint density at radius 3 is 2.44 bits per heavy atom. The van der Waals surface area contributed by atoms with Crippen molar-refractivity contribution < 1.29 is 9.53 Å². The smallest absolute Gasteiger partial charge is 0.410 e. The van der Waals surface area contributed by atoms with E-state index in [1.165, 1.54) is 0 Å². The molecule has 1 aromatic rings. The van der Waals surface area contributed by atoms with Gasteiger partial charge in [0.15, 0.2) is 0 Å². The number of pyridine rings is 1. The third kappa shape index (κ3) is 6.80. The van der Waals surface area contributed by atoms with Crippen LogP contribution in [0, 0.1) is 5.92 Å². The Hall–Kier alpha value is -1.62. The molecule has 1 aliphatic heterocycles. The van der Waals surface area contributed by atoms with Crippen molar-refractivity contribution in [1.29, 1.82) is 0 Å². The van der Waals surface area contributed by atoms with E-state index in [0.717, 1.165) is 31.5 Å². The van der Waals surface area contributed by atoms with Gasteiger partial charge in [0, 0.05) is 18.3 Å². The molecule has 2 heterocycles. The van der Waals surface area contributed by atoms with Gasteiger partial charge < -0.3 is 15.4 Å². The minimum Gasteiger partial charge on any atom is -0.444 e. The third-order valence-electron chi connectivity index (χ3n) is 4.90. The van der Waals surface area contributed by atoms with Gasteiger partial charge >= 0.3 is 6.09 Å². The lowest BCUT2D eigenvalue weighted by molar-refractivity contribution is 0.0130. The number of amides is 1. The highest BCUT2D eigenvalue weighted by molar-refractivity contribution is 5.69. The van der Waals surface area contributed by atoms with Gasteiger partial charge in [-0.2, -0.15) is 0 Å². The molecule has 1 saturated heterocycles. The van der Waals surface area contributed by atoms with Gasteiger partial charge in [0.25, 0.3) is 0 Å². The third-order valence-corrected chi connectivity index (χ3v) is 4.90. The summed E-state index contributed by atoms with van der Waals surface area (Å²) in [4.78, 5) is 18.8. The van der Waals surface area contributed by atoms with Crippen molar-refractivity contribution in [3.8, 4) is 0 Å². The summed E-state index contributed by atoms with van der Waals surface area (Å²) >= 11 is 0. The van der Waals surface area contributed by atoms with Crippen LogP contribution >= 0.6 is 0 Å². The molecule has 0 radical (unpaired) electrons. The van der Waals surface area contributed by atoms with E-state index in [-0.39, 0.29) is 11.6 Å². The Balaban J connectivity index is 0.00000176. The van der Waals surface area contributed by atoms with Crippen LogP contribution in [-0.2, 0) is 10.3 Å². The normalized spacial score (nSPS) is 21.1. The Kier molecular flexibility index (Phi) is 7.85. The van der Waals surface area contributed by atoms with Crippen LogP contribution < -0.4 is 5.73 Å². The van der Waals surface area contributed by atoms with Gasteiger partial charge in [0.1, 0.15) is 5.60 Å². The molecule has 2 unspecified atom stereocenters. The predicted molar refractivity (Wildman–Crippen MR) is 111 cm³/mol. The van der Waals surface area contributed by atoms with E-state index in [4.69, 9.17) is 10.5 Å². The Labute approximate surface area is 165 Å². The van der Waals surface area contributed by atoms with Gasteiger partial charge in [-0.05, 0) is 78.9 Å². The second-order valence-electron chi connectivity index (χ2n) is 9.14. The molecule has 0 spiro atoms. The number of rotatable bonds is 4. The van der Waals surface area contributed by atoms with E-state index in [0.29, 0.717) is 5.92 Å². The summed E-state index contributed by atoms with van der Waals surface area (Å²) in [6.45, 7) is 16.7. The Bertz CT molecular complexity index is 591. The second-order valence-corrected chi connectivity index (χ2v) is 9.14. The highest BCUT2D eigenvalue weighted by Gasteiger charge is 2.43. The van der Waals surface area contributed by atoms with Crippen molar-refractivity contribution in [3.63, 3.8) is 0 Å². The summed E-state index contributed by atoms with van der Waals surface area (Å²) in [7, 11) is 0. The maximum atomic E-state index is 12.5. The zero-order valence-electron chi connectivity index (χ0n) is 18.5. The number of aromatic nitrogens is 1. The van der Waals surface area contributed by atoms with Gasteiger partial charge in [0.2, 0.25) is 0 Å². The summed E-state index contributed by atoms with van der Waals surface area (Å²) in [5.41, 5.74) is 6.29. The number of nitrogens with two attached hydrogens (primary N) is 1. The molecule has 5 heteroatoms. The molecule has 1 amide bonds. The Morgan fingerprint density at radius 2 is 1.93 bits per heavy atom. The van der Waals surface area contributed by atoms with E-state index in [2.05, 4.69) is 18.8 Å². The summed E-state index contributed by atoms with van der Waals surface area (Å²) in [5, 5.41) is 0. The van der Waals surface area contributed by atoms with Crippen molar-refractivity contribution in [2.75, 3.05) is 6.54 Å². The van der Waals surface area contributed by atoms with Crippen molar-refractivity contribution in [1.82, 2.24) is 9.88 Å². The largest absolute Gasteiger partial charge is 0.444 e. The molecule has 154 valence electrons. The van der Waals surface area contributed by atoms with Crippen LogP contribution in [-0.4, -0.2) is 33.7 Å². The second kappa shape index (κ2) is 9.05. The maximum absolute atomic E-state index is 12.5. The van der Waals surface area contributed by atoms with Crippen molar-refractivity contribution in [2.45, 2.75) is 91.3 Å². The van der Waals surface area contributed by atoms with Crippen LogP contribution in [0.1, 0.15) is 80.3 Å². The molecule has 0 aliphatic carbocycles. The summed E-state index contributed by atoms with van der Waals surface area (Å²) in [6.07, 6.45) is 4.33. The molecule has 2 rings (SSSR count). The lowest BCUT2D eigenvalue weighted by Crippen LogP contribution is -2.45. The van der Waals surface area contributed by atoms with Crippen LogP contribution in [0.3, 0.4) is 0 Å². The molecular weight excluding hydrogens is 338 g/mol. The molecule has 1 aromatic heterocycles. The first kappa shape index (κ1) is 23.4. The SMILES string of the molecule is CC.CC(C)(C)OC(=O)N1CC(CCC(C)(N)c2ccccn2)CC1(C)C. The van der Waals surface area contributed by atoms with Gasteiger partial charge in [-0.1, -0.05) is 19.9 Å². The van der Waals surface area contributed by atoms with E-state index >= 15 is 0 Å². The Morgan fingerprint density at radius 1 is 1.30 bits per heavy atom. The van der Waals surface area contributed by atoms with Gasteiger partial charge in [-0.3, -0.25) is 4.98 Å². The quantitative estimate of drug-likeness (QED) is 0.793. The van der Waals surface area contributed by atoms with Crippen LogP contribution in [0.25, 0.3) is 0 Å². The number of hydrogen-bond acceptors (Lipinski definition) is 4. The minimum atomic E-state index is -0.472. The number of carbonyl (C=O) groups excluding carboxylic acids is 1. The highest BCUT2D eigenvalue weighted by atomic mass is 16.6. The molecule has 2 atom stereocenters. The average Bonchev–Trinajstić information content (AvgIpc) is 2.89. The zero-order valence-corrected chi connectivity index (χ0v) is 18.5. The first-order valence-corrected chi connectivity index (χ1v) is 10.1. The molecule has 2 N–H and O–H groups in total. The monoisotopic (exact) mass is 377 g/mol. The van der Waals surface area contributed by atoms with Crippen LogP contribution in [0.4, 0.5) is 4.79 Å². The predicted octanol–water partition coefficient (Wildman–Crippen LogP) is 5.10. The van der Waals surface area contributed by atoms with Crippen molar-refractivity contribution in [2.24, 2.45) is 11.7 Å². The number of likely N-dealkylation sites (tertiary alicyclic amines) is 1. The molecule has 27 heavy (non-hydrogen) atoms. The first-order valence-electron chi connectivity index (χ1n) is 10.1. The summed E-state index contributed by atoms with van der Waals surface area (Å²) in [5.74, 6) is 0.425. The number of nitrogens with zero attached hydrogens (tertiary/aromatic N) is 2. The minimum absolute atomic E-state index is 0.191. The molecule has 5 nitrogen and oxygen atoms in total. The van der Waals surface area contributed by atoms with Gasteiger partial charge in [0.05, 0.1) is 11.2 Å². The number of hydrogen-bond donors (Lipinski definition) is 1. The number of ether oxygens (including phenoxy) is 1. The van der Waals surface area contributed by atoms with Crippen LogP contribution in [0.5, 0.6) is 0 Å². The fraction of sp³-hybridized carbons (Fsp3) is 0.727. The highest BCUT2D eigenvalue weighted by Crippen LogP contribution is 2.37. The fourth-order valence-electron chi connectivity index (χ4n) is 3.55. The zero-order chi connectivity index (χ0) is 20.9. The lowest BCUT2D eigenvalue weighted by Gasteiger charge is -2.33. The molecule has 0 saturated carbocycles. The standard InChI is InChI=1S/C20H33N3O2.C2H6/c1-18(2,3)25-17(24)23-14-15(13-19(23,4)5)10-11-20(6,21)16-9-7-8-12-22-16;1-2/h7-9,12,15H,10-11,13-14,21H2,1-6H3;1-2H3. The van der Waals surface area contributed by atoms with Crippen molar-refractivity contribution in [3.05, 3.63) is 30.1 Å². The van der Waals surface area contributed by atoms with E-state index in [1.54, 1.807) is 6.20 Å². The van der Waals surface area contributed by atoms with E-state index in [1.807, 2.05) is 64.6 Å². The van der Waals surface area contributed by atoms with Crippen molar-refractivity contribution >= 4 is 6.09 Å². The van der Waals surface area contributed by atoms with Gasteiger partial charge in [-0.25, -0.2) is 4.79 Å². The van der Waals surface area contributed by atoms with Gasteiger partial charge in [-0.15, -0.1) is 0 Å². The topological polar surface area (TPSA) is 68.5 Å². The van der Waals surface area contributed by atoms with Crippen LogP contribution in [0.2, 0.25) is 0 Å². The molecular formula is C22H39N3O2. The molecule has 0 bridgehead atoms. The lowest BCUT2D eigenvalue weighted by atomic mass is 9.86. The molecule has 0 aromatic carbocycles. The molecule has 1 aliphatic rings. The number of carbonyl (C=O) groups is 1. The van der Waals surface area contributed by atoms with E-state index < -0.39 is 11.1 Å². The van der Waals surface area contributed by atoms with Crippen LogP contribution in [0.15, 0.2) is 24.4 Å². The summed E-state index contributed by atoms with van der Waals surface area (Å²) < 4.78 is 5.57. The first-order chi connectivity index (χ1) is 12.4. The summed E-state index contributed by atoms with van der Waals surface area (Å²) in [6, 6.07) is 5.85.